The Morgan fingerprint density at radius 2 is 1.78 bits per heavy atom. The number of benzene rings is 1. The van der Waals surface area contributed by atoms with E-state index in [4.69, 9.17) is 11.6 Å². The van der Waals surface area contributed by atoms with E-state index >= 15 is 0 Å². The Kier molecular flexibility index (Phi) is 7.42. The zero-order chi connectivity index (χ0) is 17.5. The van der Waals surface area contributed by atoms with E-state index in [0.29, 0.717) is 5.02 Å². The molecular formula is C12H18ClN3O5S2. The van der Waals surface area contributed by atoms with Gasteiger partial charge in [0.1, 0.15) is 0 Å². The first-order valence-corrected chi connectivity index (χ1v) is 10.3. The van der Waals surface area contributed by atoms with Gasteiger partial charge >= 0.3 is 0 Å². The molecule has 0 heterocycles. The van der Waals surface area contributed by atoms with Crippen molar-refractivity contribution in [1.29, 1.82) is 0 Å². The molecule has 0 aliphatic carbocycles. The second kappa shape index (κ2) is 8.60. The van der Waals surface area contributed by atoms with E-state index in [1.807, 2.05) is 0 Å². The molecule has 0 unspecified atom stereocenters. The normalized spacial score (nSPS) is 12.1. The number of rotatable bonds is 9. The molecule has 1 amide bonds. The number of sulfonamides is 2. The Hall–Kier alpha value is -1.20. The van der Waals surface area contributed by atoms with E-state index < -0.39 is 26.0 Å². The van der Waals surface area contributed by atoms with Gasteiger partial charge in [0.05, 0.1) is 11.2 Å². The van der Waals surface area contributed by atoms with Gasteiger partial charge < -0.3 is 5.32 Å². The summed E-state index contributed by atoms with van der Waals surface area (Å²) in [4.78, 5) is 11.5. The second-order valence-corrected chi connectivity index (χ2v) is 8.66. The van der Waals surface area contributed by atoms with Crippen LogP contribution in [0.4, 0.5) is 0 Å². The van der Waals surface area contributed by atoms with Gasteiger partial charge in [-0.05, 0) is 18.2 Å². The van der Waals surface area contributed by atoms with Crippen LogP contribution in [0.5, 0.6) is 0 Å². The van der Waals surface area contributed by atoms with E-state index in [9.17, 15) is 21.6 Å². The summed E-state index contributed by atoms with van der Waals surface area (Å²) in [6.45, 7) is 0.103. The van der Waals surface area contributed by atoms with E-state index in [2.05, 4.69) is 14.8 Å². The average Bonchev–Trinajstić information content (AvgIpc) is 2.42. The molecule has 1 aromatic carbocycles. The third kappa shape index (κ3) is 8.28. The van der Waals surface area contributed by atoms with E-state index in [-0.39, 0.29) is 31.0 Å². The van der Waals surface area contributed by atoms with Gasteiger partial charge in [0.25, 0.3) is 0 Å². The zero-order valence-corrected chi connectivity index (χ0v) is 14.8. The Morgan fingerprint density at radius 3 is 2.39 bits per heavy atom. The first-order valence-electron chi connectivity index (χ1n) is 6.57. The van der Waals surface area contributed by atoms with Crippen LogP contribution in [0.3, 0.4) is 0 Å². The number of nitrogens with one attached hydrogen (secondary N) is 3. The molecule has 0 saturated carbocycles. The molecule has 0 spiro atoms. The van der Waals surface area contributed by atoms with Crippen LogP contribution in [0.1, 0.15) is 6.42 Å². The number of hydrogen-bond donors (Lipinski definition) is 3. The van der Waals surface area contributed by atoms with Gasteiger partial charge in [-0.25, -0.2) is 26.3 Å². The first-order chi connectivity index (χ1) is 10.6. The molecule has 23 heavy (non-hydrogen) atoms. The maximum atomic E-state index is 12.0. The Labute approximate surface area is 140 Å². The van der Waals surface area contributed by atoms with E-state index in [0.717, 1.165) is 6.26 Å². The summed E-state index contributed by atoms with van der Waals surface area (Å²) in [5, 5.41) is 2.76. The standard InChI is InChI=1S/C12H18ClN3O5S2/c1-22(18,19)15-8-7-14-12(17)5-6-16-23(20,21)11-4-2-3-10(13)9-11/h2-4,9,15-16H,5-8H2,1H3,(H,14,17). The van der Waals surface area contributed by atoms with Crippen LogP contribution in [0, 0.1) is 0 Å². The highest BCUT2D eigenvalue weighted by molar-refractivity contribution is 7.89. The van der Waals surface area contributed by atoms with Crippen molar-refractivity contribution in [2.24, 2.45) is 0 Å². The molecule has 0 aromatic heterocycles. The van der Waals surface area contributed by atoms with Crippen LogP contribution < -0.4 is 14.8 Å². The van der Waals surface area contributed by atoms with Crippen LogP contribution in [0.2, 0.25) is 5.02 Å². The summed E-state index contributed by atoms with van der Waals surface area (Å²) < 4.78 is 50.0. The highest BCUT2D eigenvalue weighted by Gasteiger charge is 2.14. The fourth-order valence-corrected chi connectivity index (χ4v) is 3.35. The van der Waals surface area contributed by atoms with Gasteiger partial charge in [-0.3, -0.25) is 4.79 Å². The molecule has 11 heteroatoms. The van der Waals surface area contributed by atoms with Crippen LogP contribution in [-0.4, -0.2) is 48.6 Å². The van der Waals surface area contributed by atoms with Gasteiger partial charge in [0.2, 0.25) is 26.0 Å². The molecule has 0 fully saturated rings. The van der Waals surface area contributed by atoms with Gasteiger partial charge in [0.15, 0.2) is 0 Å². The van der Waals surface area contributed by atoms with Crippen molar-refractivity contribution >= 4 is 37.6 Å². The number of carbonyl (C=O) groups excluding carboxylic acids is 1. The zero-order valence-electron chi connectivity index (χ0n) is 12.4. The highest BCUT2D eigenvalue weighted by atomic mass is 35.5. The predicted octanol–water partition coefficient (Wildman–Crippen LogP) is -0.326. The number of hydrogen-bond acceptors (Lipinski definition) is 5. The fourth-order valence-electron chi connectivity index (χ4n) is 1.54. The lowest BCUT2D eigenvalue weighted by molar-refractivity contribution is -0.120. The SMILES string of the molecule is CS(=O)(=O)NCCNC(=O)CCNS(=O)(=O)c1cccc(Cl)c1. The monoisotopic (exact) mass is 383 g/mol. The first kappa shape index (κ1) is 19.8. The molecule has 0 saturated heterocycles. The molecule has 0 aliphatic rings. The molecule has 130 valence electrons. The van der Waals surface area contributed by atoms with Crippen molar-refractivity contribution in [2.45, 2.75) is 11.3 Å². The minimum Gasteiger partial charge on any atom is -0.355 e. The van der Waals surface area contributed by atoms with Crippen LogP contribution in [0.25, 0.3) is 0 Å². The third-order valence-corrected chi connectivity index (χ3v) is 4.98. The Bertz CT molecular complexity index is 750. The maximum absolute atomic E-state index is 12.0. The van der Waals surface area contributed by atoms with Crippen molar-refractivity contribution in [2.75, 3.05) is 25.9 Å². The van der Waals surface area contributed by atoms with Gasteiger partial charge in [-0.15, -0.1) is 0 Å². The van der Waals surface area contributed by atoms with Gasteiger partial charge in [-0.1, -0.05) is 17.7 Å². The van der Waals surface area contributed by atoms with Crippen LogP contribution in [-0.2, 0) is 24.8 Å². The average molecular weight is 384 g/mol. The lowest BCUT2D eigenvalue weighted by atomic mass is 10.4. The molecule has 1 rings (SSSR count). The van der Waals surface area contributed by atoms with Gasteiger partial charge in [0, 0.05) is 31.1 Å². The Balaban J connectivity index is 2.34. The molecule has 0 aliphatic heterocycles. The van der Waals surface area contributed by atoms with E-state index in [1.165, 1.54) is 18.2 Å². The van der Waals surface area contributed by atoms with Crippen molar-refractivity contribution in [3.05, 3.63) is 29.3 Å². The van der Waals surface area contributed by atoms with Crippen molar-refractivity contribution in [3.63, 3.8) is 0 Å². The lowest BCUT2D eigenvalue weighted by Gasteiger charge is -2.08. The molecule has 8 nitrogen and oxygen atoms in total. The number of amides is 1. The largest absolute Gasteiger partial charge is 0.355 e. The third-order valence-electron chi connectivity index (χ3n) is 2.56. The number of carbonyl (C=O) groups is 1. The van der Waals surface area contributed by atoms with Crippen LogP contribution >= 0.6 is 11.6 Å². The smallest absolute Gasteiger partial charge is 0.240 e. The number of halogens is 1. The summed E-state index contributed by atoms with van der Waals surface area (Å²) >= 11 is 5.73. The molecule has 3 N–H and O–H groups in total. The molecule has 0 radical (unpaired) electrons. The molecule has 0 bridgehead atoms. The minimum atomic E-state index is -3.73. The predicted molar refractivity (Wildman–Crippen MR) is 87.1 cm³/mol. The summed E-state index contributed by atoms with van der Waals surface area (Å²) in [6.07, 6.45) is 0.943. The highest BCUT2D eigenvalue weighted by Crippen LogP contribution is 2.14. The van der Waals surface area contributed by atoms with Crippen molar-refractivity contribution < 1.29 is 21.6 Å². The lowest BCUT2D eigenvalue weighted by Crippen LogP contribution is -2.36. The topological polar surface area (TPSA) is 121 Å². The molecule has 1 aromatic rings. The van der Waals surface area contributed by atoms with Crippen molar-refractivity contribution in [1.82, 2.24) is 14.8 Å². The maximum Gasteiger partial charge on any atom is 0.240 e. The Morgan fingerprint density at radius 1 is 1.09 bits per heavy atom. The van der Waals surface area contributed by atoms with Crippen LogP contribution in [0.15, 0.2) is 29.2 Å². The second-order valence-electron chi connectivity index (χ2n) is 4.62. The summed E-state index contributed by atoms with van der Waals surface area (Å²) in [5.74, 6) is -0.394. The van der Waals surface area contributed by atoms with Gasteiger partial charge in [-0.2, -0.15) is 0 Å². The quantitative estimate of drug-likeness (QED) is 0.504. The summed E-state index contributed by atoms with van der Waals surface area (Å²) in [5.41, 5.74) is 0. The van der Waals surface area contributed by atoms with E-state index in [1.54, 1.807) is 6.07 Å². The van der Waals surface area contributed by atoms with Crippen molar-refractivity contribution in [3.8, 4) is 0 Å². The fraction of sp³-hybridized carbons (Fsp3) is 0.417. The summed E-state index contributed by atoms with van der Waals surface area (Å²) in [7, 11) is -7.03. The molecular weight excluding hydrogens is 366 g/mol. The molecule has 0 atom stereocenters. The minimum absolute atomic E-state index is 0.0164. The summed E-state index contributed by atoms with van der Waals surface area (Å²) in [6, 6.07) is 5.77.